The van der Waals surface area contributed by atoms with Crippen molar-refractivity contribution in [1.82, 2.24) is 0 Å². The number of carbonyl (C=O) groups is 1. The van der Waals surface area contributed by atoms with E-state index in [4.69, 9.17) is 31.7 Å². The highest BCUT2D eigenvalue weighted by Gasteiger charge is 2.46. The molecule has 1 N–H and O–H groups in total. The van der Waals surface area contributed by atoms with Crippen molar-refractivity contribution in [1.29, 1.82) is 0 Å². The molecule has 8 nitrogen and oxygen atoms in total. The number of hydrogen-bond acceptors (Lipinski definition) is 6. The van der Waals surface area contributed by atoms with Gasteiger partial charge in [-0.15, -0.1) is 0 Å². The second kappa shape index (κ2) is 8.03. The van der Waals surface area contributed by atoms with Crippen LogP contribution in [-0.4, -0.2) is 46.2 Å². The van der Waals surface area contributed by atoms with E-state index < -0.39 is 22.5 Å². The van der Waals surface area contributed by atoms with E-state index in [1.165, 1.54) is 0 Å². The van der Waals surface area contributed by atoms with Gasteiger partial charge in [-0.25, -0.2) is 4.79 Å². The normalized spacial score (nSPS) is 15.2. The van der Waals surface area contributed by atoms with Crippen molar-refractivity contribution in [3.05, 3.63) is 27.5 Å². The van der Waals surface area contributed by atoms with Crippen molar-refractivity contribution in [2.45, 2.75) is 38.6 Å². The van der Waals surface area contributed by atoms with Crippen LogP contribution in [0.2, 0.25) is 0 Å². The van der Waals surface area contributed by atoms with Crippen LogP contribution in [0, 0.1) is 15.3 Å². The fraction of sp³-hybridized carbons (Fsp3) is 0.727. The van der Waals surface area contributed by atoms with Crippen LogP contribution >= 0.6 is 11.6 Å². The molecule has 0 amide bonds. The average molecular weight is 313 g/mol. The maximum absolute atomic E-state index is 11.4. The Balaban J connectivity index is 0. The van der Waals surface area contributed by atoms with Gasteiger partial charge in [0.2, 0.25) is 6.23 Å². The number of hydrogen-bond donors (Lipinski definition) is 1. The Hall–Kier alpha value is -1.38. The molecule has 118 valence electrons. The molecule has 0 aromatic rings. The largest absolute Gasteiger partial charge is 0.409 e. The third-order valence-corrected chi connectivity index (χ3v) is 3.57. The minimum atomic E-state index is -1.75. The van der Waals surface area contributed by atoms with E-state index in [2.05, 4.69) is 6.58 Å². The Morgan fingerprint density at radius 3 is 2.15 bits per heavy atom. The van der Waals surface area contributed by atoms with E-state index in [-0.39, 0.29) is 4.48 Å². The molecule has 9 heteroatoms. The number of rotatable bonds is 5. The van der Waals surface area contributed by atoms with Gasteiger partial charge in [-0.1, -0.05) is 13.5 Å². The van der Waals surface area contributed by atoms with Crippen molar-refractivity contribution >= 4 is 17.6 Å². The van der Waals surface area contributed by atoms with Gasteiger partial charge in [-0.3, -0.25) is 4.48 Å². The summed E-state index contributed by atoms with van der Waals surface area (Å²) in [7, 11) is 3.40. The first kappa shape index (κ1) is 20.9. The van der Waals surface area contributed by atoms with Gasteiger partial charge in [0.1, 0.15) is 0 Å². The second-order valence-corrected chi connectivity index (χ2v) is 5.23. The van der Waals surface area contributed by atoms with Crippen LogP contribution in [0.3, 0.4) is 0 Å². The monoisotopic (exact) mass is 312 g/mol. The van der Waals surface area contributed by atoms with E-state index in [9.17, 15) is 9.90 Å². The molecule has 0 radical (unpaired) electrons. The molecular weight excluding hydrogens is 292 g/mol. The van der Waals surface area contributed by atoms with Gasteiger partial charge in [-0.2, -0.15) is 0 Å². The fourth-order valence-corrected chi connectivity index (χ4v) is 1.21. The van der Waals surface area contributed by atoms with E-state index in [0.717, 1.165) is 0 Å². The first-order valence-electron chi connectivity index (χ1n) is 5.72. The first-order valence-corrected chi connectivity index (χ1v) is 6.10. The highest BCUT2D eigenvalue weighted by Crippen LogP contribution is 2.29. The number of nitrogens with zero attached hydrogens (tertiary/aromatic N) is 2. The smallest absolute Gasteiger partial charge is 0.337 e. The highest BCUT2D eigenvalue weighted by molar-refractivity contribution is 6.21. The van der Waals surface area contributed by atoms with E-state index in [1.54, 1.807) is 34.9 Å². The Kier molecular flexibility index (Phi) is 8.40. The van der Waals surface area contributed by atoms with Gasteiger partial charge in [0.05, 0.1) is 19.2 Å². The van der Waals surface area contributed by atoms with Crippen LogP contribution < -0.4 is 0 Å². The molecule has 0 rings (SSSR count). The molecule has 0 saturated carbocycles. The Morgan fingerprint density at radius 1 is 1.55 bits per heavy atom. The lowest BCUT2D eigenvalue weighted by Gasteiger charge is -2.43. The molecule has 0 bridgehead atoms. The zero-order chi connectivity index (χ0) is 16.7. The molecule has 0 aromatic carbocycles. The lowest BCUT2D eigenvalue weighted by Crippen LogP contribution is -2.61. The van der Waals surface area contributed by atoms with Gasteiger partial charge >= 0.3 is 5.97 Å². The lowest BCUT2D eigenvalue weighted by atomic mass is 10.3. The van der Waals surface area contributed by atoms with Gasteiger partial charge in [0.15, 0.2) is 0 Å². The minimum absolute atomic E-state index is 0.0376. The maximum atomic E-state index is 11.4. The molecule has 0 aromatic heterocycles. The Morgan fingerprint density at radius 2 is 1.90 bits per heavy atom. The molecule has 0 aliphatic carbocycles. The van der Waals surface area contributed by atoms with Gasteiger partial charge in [0.25, 0.3) is 5.18 Å². The van der Waals surface area contributed by atoms with Crippen LogP contribution in [0.15, 0.2) is 12.2 Å². The SMILES string of the molecule is C=C(C)C(=O)OC(C)[N+](C)(C)C(O)(Cl)CC.O=[N+]([O-])[O-]. The van der Waals surface area contributed by atoms with Crippen LogP contribution in [0.5, 0.6) is 0 Å². The van der Waals surface area contributed by atoms with Crippen LogP contribution in [0.25, 0.3) is 0 Å². The second-order valence-electron chi connectivity index (χ2n) is 4.62. The standard InChI is InChI=1S/C11H21ClNO3.NO3/c1-7-11(12,15)13(5,6)9(4)16-10(14)8(2)3;2-1(3)4/h9,15H,2,7H2,1,3-6H3;/q+1;-1. The number of ether oxygens (including phenoxy) is 1. The molecule has 0 aliphatic heterocycles. The summed E-state index contributed by atoms with van der Waals surface area (Å²) in [5.74, 6) is -0.484. The van der Waals surface area contributed by atoms with Crippen LogP contribution in [0.4, 0.5) is 0 Å². The zero-order valence-corrected chi connectivity index (χ0v) is 13.0. The molecule has 0 heterocycles. The predicted octanol–water partition coefficient (Wildman–Crippen LogP) is 1.58. The lowest BCUT2D eigenvalue weighted by molar-refractivity contribution is -0.987. The van der Waals surface area contributed by atoms with Crippen molar-refractivity contribution in [2.75, 3.05) is 14.1 Å². The molecule has 0 aliphatic rings. The van der Waals surface area contributed by atoms with Gasteiger partial charge < -0.3 is 25.2 Å². The molecule has 0 saturated heterocycles. The summed E-state index contributed by atoms with van der Waals surface area (Å²) >= 11 is 5.98. The summed E-state index contributed by atoms with van der Waals surface area (Å²) in [5.41, 5.74) is 0.321. The number of quaternary nitrogens is 1. The number of aliphatic hydroxyl groups is 1. The summed E-state index contributed by atoms with van der Waals surface area (Å²) < 4.78 is 5.12. The third-order valence-electron chi connectivity index (χ3n) is 2.87. The molecule has 2 atom stereocenters. The minimum Gasteiger partial charge on any atom is -0.409 e. The van der Waals surface area contributed by atoms with Crippen molar-refractivity contribution in [2.24, 2.45) is 0 Å². The van der Waals surface area contributed by atoms with E-state index >= 15 is 0 Å². The average Bonchev–Trinajstić information content (AvgIpc) is 2.27. The van der Waals surface area contributed by atoms with Gasteiger partial charge in [-0.05, 0) is 18.5 Å². The molecule has 2 unspecified atom stereocenters. The summed E-state index contributed by atoms with van der Waals surface area (Å²) in [6, 6.07) is 0. The summed E-state index contributed by atoms with van der Waals surface area (Å²) in [4.78, 5) is 19.6. The number of halogens is 1. The van der Waals surface area contributed by atoms with Crippen LogP contribution in [-0.2, 0) is 9.53 Å². The molecule has 0 spiro atoms. The molecule has 20 heavy (non-hydrogen) atoms. The molecular formula is C11H21ClN2O6. The van der Waals surface area contributed by atoms with E-state index in [1.807, 2.05) is 0 Å². The zero-order valence-electron chi connectivity index (χ0n) is 12.3. The van der Waals surface area contributed by atoms with Gasteiger partial charge in [0, 0.05) is 18.9 Å². The number of esters is 1. The van der Waals surface area contributed by atoms with E-state index in [0.29, 0.717) is 12.0 Å². The Bertz CT molecular complexity index is 366. The first-order chi connectivity index (χ1) is 8.79. The van der Waals surface area contributed by atoms with Crippen molar-refractivity contribution < 1.29 is 24.2 Å². The quantitative estimate of drug-likeness (QED) is 0.120. The molecule has 0 fully saturated rings. The van der Waals surface area contributed by atoms with Crippen molar-refractivity contribution in [3.8, 4) is 0 Å². The predicted molar refractivity (Wildman–Crippen MR) is 73.9 cm³/mol. The maximum Gasteiger partial charge on any atom is 0.337 e. The summed E-state index contributed by atoms with van der Waals surface area (Å²) in [5, 5.41) is 23.3. The Labute approximate surface area is 122 Å². The number of carbonyl (C=O) groups excluding carboxylic acids is 1. The fourth-order valence-electron chi connectivity index (χ4n) is 1.07. The third kappa shape index (κ3) is 6.69. The topological polar surface area (TPSA) is 113 Å². The highest BCUT2D eigenvalue weighted by atomic mass is 35.5. The van der Waals surface area contributed by atoms with Crippen LogP contribution in [0.1, 0.15) is 27.2 Å². The van der Waals surface area contributed by atoms with Crippen molar-refractivity contribution in [3.63, 3.8) is 0 Å². The number of alkyl halides is 1. The summed E-state index contributed by atoms with van der Waals surface area (Å²) in [6.45, 7) is 8.52. The summed E-state index contributed by atoms with van der Waals surface area (Å²) in [6.07, 6.45) is -0.220.